The van der Waals surface area contributed by atoms with E-state index in [1.807, 2.05) is 0 Å². The summed E-state index contributed by atoms with van der Waals surface area (Å²) in [7, 11) is 4.16. The summed E-state index contributed by atoms with van der Waals surface area (Å²) in [5, 5.41) is 8.28. The lowest BCUT2D eigenvalue weighted by Gasteiger charge is -2.24. The Labute approximate surface area is 163 Å². The number of hydrogen-bond donors (Lipinski definition) is 1. The summed E-state index contributed by atoms with van der Waals surface area (Å²) in [6.45, 7) is 10.9. The summed E-state index contributed by atoms with van der Waals surface area (Å²) < 4.78 is 0. The molecule has 0 aromatic heterocycles. The van der Waals surface area contributed by atoms with Gasteiger partial charge >= 0.3 is 0 Å². The topological polar surface area (TPSA) is 27.1 Å². The molecule has 0 bridgehead atoms. The molecular weight excluding hydrogens is 328 g/mol. The van der Waals surface area contributed by atoms with E-state index in [1.54, 1.807) is 6.21 Å². The minimum atomic E-state index is 0.972. The SMILES string of the molecule is CC1=CC(C)=C(c2ccc(N(C)C)c(-c3ccc(C)c(C)c3C)c2C=N)C1. The molecule has 0 spiro atoms. The molecule has 2 aromatic rings. The van der Waals surface area contributed by atoms with E-state index in [4.69, 9.17) is 5.41 Å². The van der Waals surface area contributed by atoms with Crippen molar-refractivity contribution in [2.24, 2.45) is 0 Å². The molecule has 27 heavy (non-hydrogen) atoms. The summed E-state index contributed by atoms with van der Waals surface area (Å²) in [5.74, 6) is 0. The van der Waals surface area contributed by atoms with Gasteiger partial charge in [-0.25, -0.2) is 0 Å². The predicted molar refractivity (Wildman–Crippen MR) is 119 cm³/mol. The van der Waals surface area contributed by atoms with Gasteiger partial charge in [0.25, 0.3) is 0 Å². The zero-order valence-electron chi connectivity index (χ0n) is 17.6. The predicted octanol–water partition coefficient (Wildman–Crippen LogP) is 6.47. The number of benzene rings is 2. The van der Waals surface area contributed by atoms with Gasteiger partial charge in [-0.3, -0.25) is 0 Å². The van der Waals surface area contributed by atoms with E-state index in [1.165, 1.54) is 44.5 Å². The summed E-state index contributed by atoms with van der Waals surface area (Å²) in [4.78, 5) is 2.15. The first kappa shape index (κ1) is 19.2. The lowest BCUT2D eigenvalue weighted by molar-refractivity contribution is 1.13. The molecule has 3 rings (SSSR count). The minimum Gasteiger partial charge on any atom is -0.377 e. The van der Waals surface area contributed by atoms with Crippen LogP contribution >= 0.6 is 0 Å². The van der Waals surface area contributed by atoms with Crippen LogP contribution in [-0.4, -0.2) is 20.3 Å². The Kier molecular flexibility index (Phi) is 5.10. The molecular formula is C25H30N2. The van der Waals surface area contributed by atoms with E-state index in [0.29, 0.717) is 0 Å². The molecule has 0 fully saturated rings. The van der Waals surface area contributed by atoms with Crippen molar-refractivity contribution in [3.63, 3.8) is 0 Å². The van der Waals surface area contributed by atoms with Gasteiger partial charge in [0, 0.05) is 37.1 Å². The molecule has 2 aromatic carbocycles. The van der Waals surface area contributed by atoms with Crippen LogP contribution in [-0.2, 0) is 0 Å². The lowest BCUT2D eigenvalue weighted by Crippen LogP contribution is -2.12. The molecule has 0 radical (unpaired) electrons. The molecule has 2 nitrogen and oxygen atoms in total. The van der Waals surface area contributed by atoms with Crippen LogP contribution in [0.25, 0.3) is 16.7 Å². The number of aryl methyl sites for hydroxylation is 1. The molecule has 1 aliphatic rings. The fourth-order valence-corrected chi connectivity index (χ4v) is 4.14. The Hall–Kier alpha value is -2.61. The minimum absolute atomic E-state index is 0.972. The zero-order valence-corrected chi connectivity index (χ0v) is 17.6. The summed E-state index contributed by atoms with van der Waals surface area (Å²) in [5.41, 5.74) is 13.7. The largest absolute Gasteiger partial charge is 0.377 e. The molecule has 140 valence electrons. The number of hydrogen-bond acceptors (Lipinski definition) is 2. The smallest absolute Gasteiger partial charge is 0.0447 e. The number of allylic oxidation sites excluding steroid dienone is 4. The molecule has 1 N–H and O–H groups in total. The third-order valence-corrected chi connectivity index (χ3v) is 5.90. The van der Waals surface area contributed by atoms with E-state index in [-0.39, 0.29) is 0 Å². The second-order valence-corrected chi connectivity index (χ2v) is 7.97. The first-order valence-corrected chi connectivity index (χ1v) is 9.55. The fraction of sp³-hybridized carbons (Fsp3) is 0.320. The Morgan fingerprint density at radius 1 is 0.889 bits per heavy atom. The van der Waals surface area contributed by atoms with Crippen molar-refractivity contribution < 1.29 is 0 Å². The average molecular weight is 359 g/mol. The number of anilines is 1. The first-order chi connectivity index (χ1) is 12.8. The van der Waals surface area contributed by atoms with E-state index < -0.39 is 0 Å². The summed E-state index contributed by atoms with van der Waals surface area (Å²) in [6, 6.07) is 8.82. The monoisotopic (exact) mass is 358 g/mol. The van der Waals surface area contributed by atoms with Crippen LogP contribution in [0.3, 0.4) is 0 Å². The third-order valence-electron chi connectivity index (χ3n) is 5.90. The van der Waals surface area contributed by atoms with Crippen molar-refractivity contribution in [3.05, 3.63) is 69.3 Å². The Morgan fingerprint density at radius 3 is 2.11 bits per heavy atom. The van der Waals surface area contributed by atoms with Gasteiger partial charge in [-0.2, -0.15) is 0 Å². The van der Waals surface area contributed by atoms with Gasteiger partial charge in [-0.15, -0.1) is 0 Å². The zero-order chi connectivity index (χ0) is 19.9. The second-order valence-electron chi connectivity index (χ2n) is 7.97. The molecule has 0 heterocycles. The van der Waals surface area contributed by atoms with Crippen LogP contribution < -0.4 is 4.90 Å². The molecule has 0 amide bonds. The molecule has 0 aliphatic heterocycles. The average Bonchev–Trinajstić information content (AvgIpc) is 2.96. The highest BCUT2D eigenvalue weighted by Crippen LogP contribution is 2.42. The van der Waals surface area contributed by atoms with Crippen molar-refractivity contribution in [1.29, 1.82) is 5.41 Å². The highest BCUT2D eigenvalue weighted by atomic mass is 15.1. The van der Waals surface area contributed by atoms with Crippen LogP contribution in [0, 0.1) is 26.2 Å². The number of nitrogens with one attached hydrogen (secondary N) is 1. The highest BCUT2D eigenvalue weighted by Gasteiger charge is 2.21. The van der Waals surface area contributed by atoms with Gasteiger partial charge in [-0.05, 0) is 86.1 Å². The molecule has 0 unspecified atom stereocenters. The van der Waals surface area contributed by atoms with Gasteiger partial charge in [0.15, 0.2) is 0 Å². The van der Waals surface area contributed by atoms with Crippen molar-refractivity contribution in [3.8, 4) is 11.1 Å². The number of rotatable bonds is 4. The summed E-state index contributed by atoms with van der Waals surface area (Å²) >= 11 is 0. The van der Waals surface area contributed by atoms with Crippen LogP contribution in [0.1, 0.15) is 48.1 Å². The van der Waals surface area contributed by atoms with Crippen LogP contribution in [0.2, 0.25) is 0 Å². The lowest BCUT2D eigenvalue weighted by atomic mass is 9.85. The highest BCUT2D eigenvalue weighted by molar-refractivity contribution is 6.01. The normalized spacial score (nSPS) is 13.8. The van der Waals surface area contributed by atoms with E-state index >= 15 is 0 Å². The molecule has 1 aliphatic carbocycles. The quantitative estimate of drug-likeness (QED) is 0.623. The number of nitrogens with zero attached hydrogens (tertiary/aromatic N) is 1. The van der Waals surface area contributed by atoms with Crippen LogP contribution in [0.4, 0.5) is 5.69 Å². The van der Waals surface area contributed by atoms with Crippen molar-refractivity contribution in [1.82, 2.24) is 0 Å². The van der Waals surface area contributed by atoms with Crippen LogP contribution in [0.5, 0.6) is 0 Å². The maximum absolute atomic E-state index is 8.28. The van der Waals surface area contributed by atoms with Gasteiger partial charge in [-0.1, -0.05) is 29.8 Å². The van der Waals surface area contributed by atoms with Gasteiger partial charge in [0.05, 0.1) is 0 Å². The Bertz CT molecular complexity index is 988. The van der Waals surface area contributed by atoms with E-state index in [2.05, 4.69) is 84.0 Å². The van der Waals surface area contributed by atoms with Crippen molar-refractivity contribution in [2.45, 2.75) is 41.0 Å². The first-order valence-electron chi connectivity index (χ1n) is 9.55. The maximum atomic E-state index is 8.28. The third kappa shape index (κ3) is 3.25. The summed E-state index contributed by atoms with van der Waals surface area (Å²) in [6.07, 6.45) is 4.78. The van der Waals surface area contributed by atoms with E-state index in [0.717, 1.165) is 23.2 Å². The molecule has 0 saturated heterocycles. The van der Waals surface area contributed by atoms with Gasteiger partial charge in [0.2, 0.25) is 0 Å². The van der Waals surface area contributed by atoms with Crippen LogP contribution in [0.15, 0.2) is 41.5 Å². The van der Waals surface area contributed by atoms with Crippen molar-refractivity contribution >= 4 is 17.5 Å². The molecule has 0 saturated carbocycles. The molecule has 2 heteroatoms. The Balaban J connectivity index is 2.36. The fourth-order valence-electron chi connectivity index (χ4n) is 4.14. The molecule has 0 atom stereocenters. The van der Waals surface area contributed by atoms with E-state index in [9.17, 15) is 0 Å². The standard InChI is InChI=1S/C25H30N2/c1-15-12-17(3)22(13-15)21-10-11-24(27(6)7)25(23(21)14-26)20-9-8-16(2)18(4)19(20)5/h8-12,14,26H,13H2,1-7H3. The maximum Gasteiger partial charge on any atom is 0.0447 e. The van der Waals surface area contributed by atoms with Gasteiger partial charge < -0.3 is 10.3 Å². The second kappa shape index (κ2) is 7.19. The Morgan fingerprint density at radius 2 is 1.56 bits per heavy atom. The van der Waals surface area contributed by atoms with Crippen molar-refractivity contribution in [2.75, 3.05) is 19.0 Å². The van der Waals surface area contributed by atoms with Gasteiger partial charge in [0.1, 0.15) is 0 Å².